The number of fused-ring (bicyclic) bond motifs is 2. The number of aliphatic hydroxyl groups excluding tert-OH is 1. The van der Waals surface area contributed by atoms with Gasteiger partial charge in [0.1, 0.15) is 18.3 Å². The molecule has 3 heterocycles. The fourth-order valence-electron chi connectivity index (χ4n) is 6.90. The molecule has 2 aromatic carbocycles. The van der Waals surface area contributed by atoms with Gasteiger partial charge in [-0.3, -0.25) is 19.2 Å². The van der Waals surface area contributed by atoms with Crippen LogP contribution < -0.4 is 10.6 Å². The first-order chi connectivity index (χ1) is 19.8. The molecule has 3 amide bonds. The number of rotatable bonds is 8. The van der Waals surface area contributed by atoms with Gasteiger partial charge in [-0.25, -0.2) is 0 Å². The van der Waals surface area contributed by atoms with E-state index in [2.05, 4.69) is 15.6 Å². The number of nitrogens with one attached hydrogen (secondary N) is 3. The van der Waals surface area contributed by atoms with E-state index < -0.39 is 36.3 Å². The normalized spacial score (nSPS) is 24.3. The fraction of sp³-hybridized carbons (Fsp3) is 0.419. The van der Waals surface area contributed by atoms with Gasteiger partial charge in [0, 0.05) is 29.9 Å². The minimum atomic E-state index is -0.998. The number of H-pyrrole nitrogens is 1. The van der Waals surface area contributed by atoms with Crippen LogP contribution in [-0.4, -0.2) is 70.3 Å². The number of benzene rings is 2. The third-order valence-corrected chi connectivity index (χ3v) is 9.30. The minimum Gasteiger partial charge on any atom is -0.389 e. The summed E-state index contributed by atoms with van der Waals surface area (Å²) < 4.78 is 0. The maximum absolute atomic E-state index is 13.9. The molecule has 1 saturated carbocycles. The maximum Gasteiger partial charge on any atom is 0.271 e. The summed E-state index contributed by atoms with van der Waals surface area (Å²) in [6.07, 6.45) is 3.41. The van der Waals surface area contributed by atoms with Gasteiger partial charge in [-0.15, -0.1) is 0 Å². The Bertz CT molecular complexity index is 1500. The lowest BCUT2D eigenvalue weighted by molar-refractivity contribution is -0.133. The Morgan fingerprint density at radius 3 is 2.61 bits per heavy atom. The van der Waals surface area contributed by atoms with Gasteiger partial charge in [-0.2, -0.15) is 0 Å². The number of aromatic nitrogens is 1. The molecule has 0 bridgehead atoms. The maximum atomic E-state index is 13.9. The van der Waals surface area contributed by atoms with Crippen molar-refractivity contribution in [3.8, 4) is 11.1 Å². The van der Waals surface area contributed by atoms with Crippen molar-refractivity contribution in [2.75, 3.05) is 19.7 Å². The molecule has 0 spiro atoms. The van der Waals surface area contributed by atoms with E-state index in [0.717, 1.165) is 41.3 Å². The molecule has 3 aromatic rings. The van der Waals surface area contributed by atoms with E-state index in [-0.39, 0.29) is 30.1 Å². The summed E-state index contributed by atoms with van der Waals surface area (Å²) in [4.78, 5) is 57.3. The van der Waals surface area contributed by atoms with E-state index in [1.807, 2.05) is 42.5 Å². The van der Waals surface area contributed by atoms with Crippen LogP contribution in [0.25, 0.3) is 22.0 Å². The van der Waals surface area contributed by atoms with E-state index in [9.17, 15) is 24.3 Å². The molecule has 5 unspecified atom stereocenters. The van der Waals surface area contributed by atoms with Crippen LogP contribution >= 0.6 is 11.6 Å². The Morgan fingerprint density at radius 2 is 1.88 bits per heavy atom. The number of amides is 3. The van der Waals surface area contributed by atoms with Crippen molar-refractivity contribution in [1.29, 1.82) is 0 Å². The van der Waals surface area contributed by atoms with Gasteiger partial charge < -0.3 is 25.6 Å². The Balaban J connectivity index is 1.27. The molecule has 41 heavy (non-hydrogen) atoms. The van der Waals surface area contributed by atoms with Gasteiger partial charge in [0.15, 0.2) is 5.78 Å². The van der Waals surface area contributed by atoms with Crippen LogP contribution in [0.2, 0.25) is 5.02 Å². The van der Waals surface area contributed by atoms with Crippen molar-refractivity contribution in [3.63, 3.8) is 0 Å². The molecule has 6 rings (SSSR count). The Kier molecular flexibility index (Phi) is 7.57. The van der Waals surface area contributed by atoms with Crippen molar-refractivity contribution in [2.45, 2.75) is 44.2 Å². The highest BCUT2D eigenvalue weighted by Gasteiger charge is 2.50. The smallest absolute Gasteiger partial charge is 0.271 e. The second-order valence-electron chi connectivity index (χ2n) is 11.4. The van der Waals surface area contributed by atoms with Gasteiger partial charge in [-0.05, 0) is 66.8 Å². The van der Waals surface area contributed by atoms with Crippen LogP contribution in [-0.2, 0) is 14.4 Å². The lowest BCUT2D eigenvalue weighted by Crippen LogP contribution is -2.53. The highest BCUT2D eigenvalue weighted by Crippen LogP contribution is 2.43. The van der Waals surface area contributed by atoms with E-state index in [4.69, 9.17) is 11.6 Å². The largest absolute Gasteiger partial charge is 0.389 e. The van der Waals surface area contributed by atoms with Crippen LogP contribution in [0.4, 0.5) is 0 Å². The van der Waals surface area contributed by atoms with Gasteiger partial charge >= 0.3 is 0 Å². The number of carbonyl (C=O) groups excluding carboxylic acids is 4. The molecule has 5 atom stereocenters. The number of carbonyl (C=O) groups is 4. The summed E-state index contributed by atoms with van der Waals surface area (Å²) in [5.41, 5.74) is 3.00. The molecule has 9 nitrogen and oxygen atoms in total. The summed E-state index contributed by atoms with van der Waals surface area (Å²) in [7, 11) is 0. The molecule has 2 saturated heterocycles. The molecule has 4 N–H and O–H groups in total. The third kappa shape index (κ3) is 5.24. The Labute approximate surface area is 242 Å². The van der Waals surface area contributed by atoms with Crippen LogP contribution in [0.1, 0.15) is 42.6 Å². The van der Waals surface area contributed by atoms with Crippen molar-refractivity contribution >= 4 is 46.0 Å². The Morgan fingerprint density at radius 1 is 1.07 bits per heavy atom. The van der Waals surface area contributed by atoms with E-state index >= 15 is 0 Å². The van der Waals surface area contributed by atoms with Crippen LogP contribution in [0.5, 0.6) is 0 Å². The average molecular weight is 577 g/mol. The van der Waals surface area contributed by atoms with Gasteiger partial charge in [0.25, 0.3) is 5.91 Å². The summed E-state index contributed by atoms with van der Waals surface area (Å²) >= 11 is 6.64. The zero-order valence-corrected chi connectivity index (χ0v) is 23.3. The second kappa shape index (κ2) is 11.3. The number of aliphatic hydroxyl groups is 1. The lowest BCUT2D eigenvalue weighted by atomic mass is 9.92. The molecule has 0 radical (unpaired) electrons. The molecule has 3 aliphatic rings. The molecule has 214 valence electrons. The molecule has 2 aliphatic heterocycles. The molecule has 1 aliphatic carbocycles. The molecular formula is C31H33ClN4O5. The zero-order valence-electron chi connectivity index (χ0n) is 22.6. The fourth-order valence-corrected chi connectivity index (χ4v) is 7.18. The van der Waals surface area contributed by atoms with E-state index in [1.54, 1.807) is 11.0 Å². The predicted molar refractivity (Wildman–Crippen MR) is 154 cm³/mol. The number of hydrogen-bond acceptors (Lipinski definition) is 5. The van der Waals surface area contributed by atoms with Gasteiger partial charge in [0.05, 0.1) is 11.1 Å². The molecule has 10 heteroatoms. The third-order valence-electron chi connectivity index (χ3n) is 8.99. The summed E-state index contributed by atoms with van der Waals surface area (Å²) in [6.45, 7) is 0.233. The van der Waals surface area contributed by atoms with Crippen molar-refractivity contribution in [2.24, 2.45) is 17.8 Å². The summed E-state index contributed by atoms with van der Waals surface area (Å²) in [5, 5.41) is 16.4. The predicted octanol–water partition coefficient (Wildman–Crippen LogP) is 3.30. The van der Waals surface area contributed by atoms with Crippen LogP contribution in [0.3, 0.4) is 0 Å². The standard InChI is InChI=1S/C31H33ClN4O5/c32-23-11-20(17-5-2-1-3-6-17)13-24-22(23)14-26(34-24)31(41)36-15-19-7-4-8-21(19)28(36)30(40)35-25(27(38)16-37)12-18-9-10-33-29(18)39/h1-3,5-6,11,13-14,18-19,21,25,28,34,37H,4,7-10,12,15-16H2,(H,33,39)(H,35,40). The summed E-state index contributed by atoms with van der Waals surface area (Å²) in [6, 6.07) is 13.7. The topological polar surface area (TPSA) is 132 Å². The molecular weight excluding hydrogens is 544 g/mol. The second-order valence-corrected chi connectivity index (χ2v) is 11.8. The van der Waals surface area contributed by atoms with Gasteiger partial charge in [-0.1, -0.05) is 48.4 Å². The molecule has 3 fully saturated rings. The molecule has 1 aromatic heterocycles. The van der Waals surface area contributed by atoms with Gasteiger partial charge in [0.2, 0.25) is 11.8 Å². The number of halogens is 1. The quantitative estimate of drug-likeness (QED) is 0.327. The highest BCUT2D eigenvalue weighted by molar-refractivity contribution is 6.36. The summed E-state index contributed by atoms with van der Waals surface area (Å²) in [5.74, 6) is -1.65. The minimum absolute atomic E-state index is 0.0174. The number of likely N-dealkylation sites (tertiary alicyclic amines) is 1. The Hall–Kier alpha value is -3.69. The average Bonchev–Trinajstić information content (AvgIpc) is 3.76. The van der Waals surface area contributed by atoms with Crippen molar-refractivity contribution in [1.82, 2.24) is 20.5 Å². The first kappa shape index (κ1) is 27.5. The monoisotopic (exact) mass is 576 g/mol. The van der Waals surface area contributed by atoms with Crippen LogP contribution in [0.15, 0.2) is 48.5 Å². The van der Waals surface area contributed by atoms with Crippen molar-refractivity contribution in [3.05, 3.63) is 59.2 Å². The van der Waals surface area contributed by atoms with E-state index in [0.29, 0.717) is 30.2 Å². The lowest BCUT2D eigenvalue weighted by Gasteiger charge is -2.29. The number of hydrogen-bond donors (Lipinski definition) is 4. The number of Topliss-reactive ketones (excluding diaryl/α,β-unsaturated/α-hetero) is 1. The SMILES string of the molecule is O=C1NCCC1CC(NC(=O)C1C2CCCC2CN1C(=O)c1cc2c(Cl)cc(-c3ccccc3)cc2[nH]1)C(=O)CO. The number of ketones is 1. The number of nitrogens with zero attached hydrogens (tertiary/aromatic N) is 1. The first-order valence-electron chi connectivity index (χ1n) is 14.2. The van der Waals surface area contributed by atoms with Crippen LogP contribution in [0, 0.1) is 17.8 Å². The highest BCUT2D eigenvalue weighted by atomic mass is 35.5. The van der Waals surface area contributed by atoms with Crippen molar-refractivity contribution < 1.29 is 24.3 Å². The number of aromatic amines is 1. The zero-order chi connectivity index (χ0) is 28.7. The van der Waals surface area contributed by atoms with E-state index in [1.165, 1.54) is 0 Å². The first-order valence-corrected chi connectivity index (χ1v) is 14.6.